The van der Waals surface area contributed by atoms with Gasteiger partial charge in [0.1, 0.15) is 0 Å². The fraction of sp³-hybridized carbons (Fsp3) is 1.00. The van der Waals surface area contributed by atoms with Gasteiger partial charge in [-0.25, -0.2) is 0 Å². The summed E-state index contributed by atoms with van der Waals surface area (Å²) in [5.74, 6) is 0. The van der Waals surface area contributed by atoms with Gasteiger partial charge >= 0.3 is 23.3 Å². The Kier molecular flexibility index (Phi) is 43.4. The molecule has 0 aromatic rings. The van der Waals surface area contributed by atoms with Gasteiger partial charge in [-0.15, -0.1) is 0 Å². The third kappa shape index (κ3) is 95.9. The predicted molar refractivity (Wildman–Crippen MR) is 24.4 cm³/mol. The van der Waals surface area contributed by atoms with Gasteiger partial charge in [0, 0.05) is 6.61 Å². The van der Waals surface area contributed by atoms with Crippen LogP contribution in [0.4, 0.5) is 0 Å². The van der Waals surface area contributed by atoms with Crippen LogP contribution in [0.3, 0.4) is 0 Å². The second-order valence-electron chi connectivity index (χ2n) is 0.316. The summed E-state index contributed by atoms with van der Waals surface area (Å²) in [7, 11) is 0. The van der Waals surface area contributed by atoms with Crippen molar-refractivity contribution in [3.8, 4) is 0 Å². The van der Waals surface area contributed by atoms with Gasteiger partial charge in [-0.1, -0.05) is 0 Å². The van der Waals surface area contributed by atoms with Gasteiger partial charge in [-0.05, 0) is 6.92 Å². The van der Waals surface area contributed by atoms with E-state index >= 15 is 0 Å². The van der Waals surface area contributed by atoms with E-state index in [9.17, 15) is 0 Å². The Morgan fingerprint density at radius 2 is 1.60 bits per heavy atom. The molecular weight excluding hydrogens is 59.0 g/mol. The molecule has 1 N–H and O–H groups in total. The molecule has 0 fully saturated rings. The zero-order valence-corrected chi connectivity index (χ0v) is 4.15. The molecule has 0 amide bonds. The molecule has 0 aliphatic rings. The molecule has 0 saturated heterocycles. The molecule has 0 unspecified atom stereocenters. The summed E-state index contributed by atoms with van der Waals surface area (Å²) in [4.78, 5) is 0. The van der Waals surface area contributed by atoms with Gasteiger partial charge in [0.25, 0.3) is 0 Å². The predicted octanol–water partition coefficient (Wildman–Crippen LogP) is 0.202. The van der Waals surface area contributed by atoms with Gasteiger partial charge in [-0.2, -0.15) is 0 Å². The average Bonchev–Trinajstić information content (AvgIpc) is 1.46. The van der Waals surface area contributed by atoms with Crippen molar-refractivity contribution < 1.29 is 5.11 Å². The van der Waals surface area contributed by atoms with Gasteiger partial charge in [-0.3, -0.25) is 0 Å². The summed E-state index contributed by atoms with van der Waals surface area (Å²) in [5, 5.41) is 7.57. The average molecular weight is 68.0 g/mol. The van der Waals surface area contributed by atoms with Crippen molar-refractivity contribution in [2.75, 3.05) is 6.61 Å². The van der Waals surface area contributed by atoms with E-state index in [4.69, 9.17) is 5.11 Å². The van der Waals surface area contributed by atoms with E-state index in [2.05, 4.69) is 0 Å². The minimum absolute atomic E-state index is 0.250. The zero-order chi connectivity index (χ0) is 4.71. The standard InChI is InChI=1S/C2H6O.CH3.Li/c1-2-3;;/h3H,2H2,1H3;1H3;. The first-order valence-corrected chi connectivity index (χ1v) is 2.02. The molecule has 0 heterocycles. The summed E-state index contributed by atoms with van der Waals surface area (Å²) in [6.07, 6.45) is 0. The Bertz CT molecular complexity index is 6.85. The molecule has 0 bridgehead atoms. The van der Waals surface area contributed by atoms with Crippen LogP contribution in [0, 0.1) is 0 Å². The third-order valence-electron chi connectivity index (χ3n) is 0. The van der Waals surface area contributed by atoms with Crippen molar-refractivity contribution in [1.29, 1.82) is 0 Å². The molecule has 28 valence electrons. The normalized spacial score (nSPS) is 5.00. The van der Waals surface area contributed by atoms with Crippen LogP contribution in [0.15, 0.2) is 0 Å². The molecule has 0 aromatic carbocycles. The first-order chi connectivity index (χ1) is 2.41. The van der Waals surface area contributed by atoms with Gasteiger partial charge in [0.15, 0.2) is 0 Å². The number of aliphatic hydroxyl groups excluding tert-OH is 1. The number of hydrogen-bond acceptors (Lipinski definition) is 1. The Labute approximate surface area is 42.6 Å². The summed E-state index contributed by atoms with van der Waals surface area (Å²) in [5.41, 5.74) is 2.00. The summed E-state index contributed by atoms with van der Waals surface area (Å²) in [6.45, 7) is 1.93. The quantitative estimate of drug-likeness (QED) is 0.402. The van der Waals surface area contributed by atoms with Crippen molar-refractivity contribution in [1.82, 2.24) is 0 Å². The van der Waals surface area contributed by atoms with Crippen molar-refractivity contribution in [3.05, 3.63) is 0 Å². The van der Waals surface area contributed by atoms with E-state index in [1.165, 1.54) is 0 Å². The SMILES string of the molecule is CCO.[Li][CH3]. The van der Waals surface area contributed by atoms with Crippen LogP contribution in [0.5, 0.6) is 0 Å². The van der Waals surface area contributed by atoms with E-state index in [0.29, 0.717) is 0 Å². The van der Waals surface area contributed by atoms with E-state index in [0.717, 1.165) is 0 Å². The van der Waals surface area contributed by atoms with E-state index in [1.54, 1.807) is 6.92 Å². The van der Waals surface area contributed by atoms with Crippen LogP contribution in [-0.4, -0.2) is 29.4 Å². The molecule has 0 aliphatic carbocycles. The number of rotatable bonds is 0. The number of hydrogen-bond donors (Lipinski definition) is 1. The van der Waals surface area contributed by atoms with E-state index in [1.807, 2.05) is 23.3 Å². The summed E-state index contributed by atoms with van der Waals surface area (Å²) in [6, 6.07) is 0. The molecule has 0 spiro atoms. The summed E-state index contributed by atoms with van der Waals surface area (Å²) < 4.78 is 0. The zero-order valence-electron chi connectivity index (χ0n) is 4.15. The molecule has 0 rings (SSSR count). The first-order valence-electron chi connectivity index (χ1n) is 2.02. The molecule has 0 saturated carbocycles. The van der Waals surface area contributed by atoms with Gasteiger partial charge in [0.05, 0.1) is 0 Å². The maximum absolute atomic E-state index is 7.57. The Morgan fingerprint density at radius 1 is 1.60 bits per heavy atom. The maximum atomic E-state index is 7.57. The van der Waals surface area contributed by atoms with Gasteiger partial charge < -0.3 is 5.11 Å². The van der Waals surface area contributed by atoms with Crippen molar-refractivity contribution >= 4 is 17.7 Å². The van der Waals surface area contributed by atoms with Crippen molar-refractivity contribution in [2.45, 2.75) is 12.5 Å². The molecule has 0 aromatic heterocycles. The molecular formula is C3H9LiO. The molecule has 1 nitrogen and oxygen atoms in total. The molecule has 0 aliphatic heterocycles. The van der Waals surface area contributed by atoms with Crippen LogP contribution < -0.4 is 0 Å². The monoisotopic (exact) mass is 68.1 g/mol. The van der Waals surface area contributed by atoms with Crippen molar-refractivity contribution in [2.24, 2.45) is 0 Å². The second kappa shape index (κ2) is 23.8. The Hall–Kier alpha value is 0.557. The fourth-order valence-electron chi connectivity index (χ4n) is 0. The van der Waals surface area contributed by atoms with Crippen LogP contribution in [0.25, 0.3) is 0 Å². The van der Waals surface area contributed by atoms with Gasteiger partial charge in [0.2, 0.25) is 0 Å². The third-order valence-corrected chi connectivity index (χ3v) is 0. The fourth-order valence-corrected chi connectivity index (χ4v) is 0. The van der Waals surface area contributed by atoms with Crippen LogP contribution in [-0.2, 0) is 0 Å². The van der Waals surface area contributed by atoms with Crippen molar-refractivity contribution in [3.63, 3.8) is 0 Å². The molecule has 5 heavy (non-hydrogen) atoms. The minimum atomic E-state index is 0.250. The molecule has 2 heteroatoms. The molecule has 0 atom stereocenters. The molecule has 0 radical (unpaired) electrons. The topological polar surface area (TPSA) is 20.2 Å². The number of aliphatic hydroxyl groups is 1. The Balaban J connectivity index is 0. The summed E-state index contributed by atoms with van der Waals surface area (Å²) >= 11 is 2.00. The first kappa shape index (κ1) is 9.12. The van der Waals surface area contributed by atoms with Crippen LogP contribution in [0.2, 0.25) is 5.60 Å². The second-order valence-corrected chi connectivity index (χ2v) is 0.316. The van der Waals surface area contributed by atoms with E-state index < -0.39 is 0 Å². The Morgan fingerprint density at radius 3 is 1.60 bits per heavy atom. The van der Waals surface area contributed by atoms with Crippen LogP contribution >= 0.6 is 0 Å². The van der Waals surface area contributed by atoms with Crippen LogP contribution in [0.1, 0.15) is 6.92 Å². The van der Waals surface area contributed by atoms with E-state index in [-0.39, 0.29) is 6.61 Å².